The monoisotopic (exact) mass is 367 g/mol. The fraction of sp³-hybridized carbons (Fsp3) is 0.278. The molecule has 0 spiro atoms. The van der Waals surface area contributed by atoms with Gasteiger partial charge in [0.05, 0.1) is 17.3 Å². The fourth-order valence-corrected chi connectivity index (χ4v) is 2.91. The van der Waals surface area contributed by atoms with Crippen molar-refractivity contribution in [2.75, 3.05) is 18.5 Å². The van der Waals surface area contributed by atoms with Crippen LogP contribution in [0.1, 0.15) is 25.5 Å². The largest absolute Gasteiger partial charge is 0.492 e. The van der Waals surface area contributed by atoms with Crippen molar-refractivity contribution in [3.8, 4) is 5.75 Å². The molecule has 0 unspecified atom stereocenters. The van der Waals surface area contributed by atoms with Crippen LogP contribution in [0.2, 0.25) is 10.0 Å². The van der Waals surface area contributed by atoms with E-state index >= 15 is 0 Å². The van der Waals surface area contributed by atoms with Crippen molar-refractivity contribution in [3.05, 3.63) is 58.1 Å². The number of rotatable bonds is 7. The number of quaternary nitrogens is 1. The van der Waals surface area contributed by atoms with Crippen molar-refractivity contribution in [3.63, 3.8) is 0 Å². The quantitative estimate of drug-likeness (QED) is 0.784. The van der Waals surface area contributed by atoms with Gasteiger partial charge in [-0.3, -0.25) is 4.79 Å². The van der Waals surface area contributed by atoms with Gasteiger partial charge in [-0.1, -0.05) is 41.4 Å². The number of amides is 1. The predicted molar refractivity (Wildman–Crippen MR) is 97.9 cm³/mol. The van der Waals surface area contributed by atoms with Crippen LogP contribution in [0.5, 0.6) is 5.75 Å². The smallest absolute Gasteiger partial charge is 0.279 e. The minimum atomic E-state index is -0.0981. The summed E-state index contributed by atoms with van der Waals surface area (Å²) in [6, 6.07) is 12.8. The number of benzene rings is 2. The zero-order valence-corrected chi connectivity index (χ0v) is 15.2. The number of para-hydroxylation sites is 2. The van der Waals surface area contributed by atoms with Crippen LogP contribution in [0.15, 0.2) is 42.5 Å². The van der Waals surface area contributed by atoms with Gasteiger partial charge in [-0.05, 0) is 38.1 Å². The topological polar surface area (TPSA) is 54.9 Å². The highest BCUT2D eigenvalue weighted by molar-refractivity contribution is 6.35. The number of anilines is 1. The van der Waals surface area contributed by atoms with Gasteiger partial charge >= 0.3 is 0 Å². The maximum atomic E-state index is 12.2. The molecule has 3 N–H and O–H groups in total. The van der Waals surface area contributed by atoms with Crippen molar-refractivity contribution < 1.29 is 14.8 Å². The predicted octanol–water partition coefficient (Wildman–Crippen LogP) is 3.66. The average Bonchev–Trinajstić information content (AvgIpc) is 2.55. The fourth-order valence-electron chi connectivity index (χ4n) is 2.33. The number of carbonyl (C=O) groups is 1. The van der Waals surface area contributed by atoms with E-state index in [0.717, 1.165) is 5.56 Å². The van der Waals surface area contributed by atoms with Crippen LogP contribution in [0, 0.1) is 0 Å². The minimum absolute atomic E-state index is 0.0441. The van der Waals surface area contributed by atoms with Crippen molar-refractivity contribution in [1.82, 2.24) is 0 Å². The molecule has 1 amide bonds. The molecule has 0 bridgehead atoms. The molecule has 128 valence electrons. The summed E-state index contributed by atoms with van der Waals surface area (Å²) >= 11 is 12.1. The van der Waals surface area contributed by atoms with E-state index in [1.54, 1.807) is 12.1 Å². The highest BCUT2D eigenvalue weighted by atomic mass is 35.5. The Morgan fingerprint density at radius 1 is 1.25 bits per heavy atom. The summed E-state index contributed by atoms with van der Waals surface area (Å²) in [4.78, 5) is 12.2. The van der Waals surface area contributed by atoms with Crippen molar-refractivity contribution >= 4 is 34.8 Å². The first-order valence-electron chi connectivity index (χ1n) is 7.81. The molecule has 0 aliphatic rings. The van der Waals surface area contributed by atoms with E-state index in [1.165, 1.54) is 0 Å². The first kappa shape index (κ1) is 18.6. The van der Waals surface area contributed by atoms with Crippen molar-refractivity contribution in [2.24, 2.45) is 0 Å². The van der Waals surface area contributed by atoms with Gasteiger partial charge in [0.1, 0.15) is 11.8 Å². The van der Waals surface area contributed by atoms with Gasteiger partial charge in [-0.2, -0.15) is 0 Å². The molecule has 24 heavy (non-hydrogen) atoms. The molecule has 0 saturated heterocycles. The molecule has 2 aromatic carbocycles. The molecule has 6 heteroatoms. The summed E-state index contributed by atoms with van der Waals surface area (Å²) in [6.07, 6.45) is 0. The molecule has 2 rings (SSSR count). The van der Waals surface area contributed by atoms with E-state index in [0.29, 0.717) is 28.1 Å². The molecule has 0 heterocycles. The van der Waals surface area contributed by atoms with Crippen LogP contribution >= 0.6 is 23.2 Å². The van der Waals surface area contributed by atoms with Crippen LogP contribution in [-0.4, -0.2) is 19.1 Å². The Morgan fingerprint density at radius 3 is 2.71 bits per heavy atom. The SMILES string of the molecule is CCOc1ccccc1NC(=O)C[NH2+][C@@H](C)c1ccc(Cl)cc1Cl. The number of halogens is 2. The van der Waals surface area contributed by atoms with Gasteiger partial charge in [-0.15, -0.1) is 0 Å². The summed E-state index contributed by atoms with van der Waals surface area (Å²) < 4.78 is 5.50. The van der Waals surface area contributed by atoms with Crippen LogP contribution < -0.4 is 15.4 Å². The van der Waals surface area contributed by atoms with Crippen LogP contribution in [0.4, 0.5) is 5.69 Å². The van der Waals surface area contributed by atoms with Gasteiger partial charge < -0.3 is 15.4 Å². The lowest BCUT2D eigenvalue weighted by Crippen LogP contribution is -2.86. The Balaban J connectivity index is 1.93. The number of hydrogen-bond acceptors (Lipinski definition) is 2. The third kappa shape index (κ3) is 5.13. The molecule has 4 nitrogen and oxygen atoms in total. The Morgan fingerprint density at radius 2 is 2.00 bits per heavy atom. The van der Waals surface area contributed by atoms with E-state index in [2.05, 4.69) is 5.32 Å². The molecular weight excluding hydrogens is 347 g/mol. The molecule has 2 aromatic rings. The van der Waals surface area contributed by atoms with E-state index < -0.39 is 0 Å². The normalized spacial score (nSPS) is 11.8. The molecule has 1 atom stereocenters. The van der Waals surface area contributed by atoms with E-state index in [1.807, 2.05) is 49.5 Å². The second-order valence-electron chi connectivity index (χ2n) is 5.37. The van der Waals surface area contributed by atoms with Gasteiger partial charge in [-0.25, -0.2) is 0 Å². The zero-order chi connectivity index (χ0) is 17.5. The summed E-state index contributed by atoms with van der Waals surface area (Å²) in [6.45, 7) is 4.73. The maximum absolute atomic E-state index is 12.2. The van der Waals surface area contributed by atoms with Gasteiger partial charge in [0.2, 0.25) is 0 Å². The highest BCUT2D eigenvalue weighted by Gasteiger charge is 2.15. The van der Waals surface area contributed by atoms with E-state index in [4.69, 9.17) is 27.9 Å². The lowest BCUT2D eigenvalue weighted by atomic mass is 10.1. The molecule has 0 radical (unpaired) electrons. The van der Waals surface area contributed by atoms with E-state index in [9.17, 15) is 4.79 Å². The molecule has 0 aliphatic carbocycles. The molecular formula is C18H21Cl2N2O2+. The Bertz CT molecular complexity index is 707. The zero-order valence-electron chi connectivity index (χ0n) is 13.7. The van der Waals surface area contributed by atoms with Crippen LogP contribution in [0.25, 0.3) is 0 Å². The van der Waals surface area contributed by atoms with Crippen LogP contribution in [-0.2, 0) is 4.79 Å². The first-order chi connectivity index (χ1) is 11.5. The molecule has 0 fully saturated rings. The number of hydrogen-bond donors (Lipinski definition) is 2. The molecule has 0 aromatic heterocycles. The number of ether oxygens (including phenoxy) is 1. The third-order valence-electron chi connectivity index (χ3n) is 3.57. The molecule has 0 saturated carbocycles. The summed E-state index contributed by atoms with van der Waals surface area (Å²) in [5.41, 5.74) is 1.62. The number of carbonyl (C=O) groups excluding carboxylic acids is 1. The van der Waals surface area contributed by atoms with Crippen LogP contribution in [0.3, 0.4) is 0 Å². The Labute approximate surface area is 152 Å². The second kappa shape index (κ2) is 8.92. The highest BCUT2D eigenvalue weighted by Crippen LogP contribution is 2.25. The summed E-state index contributed by atoms with van der Waals surface area (Å²) in [7, 11) is 0. The van der Waals surface area contributed by atoms with Gasteiger partial charge in [0, 0.05) is 10.6 Å². The minimum Gasteiger partial charge on any atom is -0.492 e. The Kier molecular flexibility index (Phi) is 6.91. The maximum Gasteiger partial charge on any atom is 0.279 e. The Hall–Kier alpha value is -1.75. The van der Waals surface area contributed by atoms with Gasteiger partial charge in [0.25, 0.3) is 5.91 Å². The summed E-state index contributed by atoms with van der Waals surface area (Å²) in [5.74, 6) is 0.571. The average molecular weight is 368 g/mol. The lowest BCUT2D eigenvalue weighted by molar-refractivity contribution is -0.682. The van der Waals surface area contributed by atoms with Crippen molar-refractivity contribution in [1.29, 1.82) is 0 Å². The second-order valence-corrected chi connectivity index (χ2v) is 6.22. The van der Waals surface area contributed by atoms with Crippen molar-refractivity contribution in [2.45, 2.75) is 19.9 Å². The molecule has 0 aliphatic heterocycles. The van der Waals surface area contributed by atoms with Gasteiger partial charge in [0.15, 0.2) is 6.54 Å². The summed E-state index contributed by atoms with van der Waals surface area (Å²) in [5, 5.41) is 6.00. The van der Waals surface area contributed by atoms with E-state index in [-0.39, 0.29) is 18.5 Å². The first-order valence-corrected chi connectivity index (χ1v) is 8.56. The number of nitrogens with one attached hydrogen (secondary N) is 1. The standard InChI is InChI=1S/C18H20Cl2N2O2/c1-3-24-17-7-5-4-6-16(17)22-18(23)11-21-12(2)14-9-8-13(19)10-15(14)20/h4-10,12,21H,3,11H2,1-2H3,(H,22,23)/p+1/t12-/m0/s1. The third-order valence-corrected chi connectivity index (χ3v) is 4.13. The lowest BCUT2D eigenvalue weighted by Gasteiger charge is -2.14. The number of nitrogens with two attached hydrogens (primary N) is 1.